The number of hydrogen-bond donors (Lipinski definition) is 1. The van der Waals surface area contributed by atoms with E-state index in [9.17, 15) is 10.1 Å². The number of hydrogen-bond acceptors (Lipinski definition) is 4. The van der Waals surface area contributed by atoms with Crippen molar-refractivity contribution in [3.8, 4) is 0 Å². The minimum absolute atomic E-state index is 0.0513. The Kier molecular flexibility index (Phi) is 4.29. The van der Waals surface area contributed by atoms with Crippen LogP contribution in [0, 0.1) is 10.1 Å². The molecule has 98 valence electrons. The van der Waals surface area contributed by atoms with Crippen LogP contribution in [-0.2, 0) is 5.75 Å². The zero-order chi connectivity index (χ0) is 13.8. The van der Waals surface area contributed by atoms with Gasteiger partial charge in [0.1, 0.15) is 0 Å². The second-order valence-corrected chi connectivity index (χ2v) is 5.31. The van der Waals surface area contributed by atoms with E-state index >= 15 is 0 Å². The lowest BCUT2D eigenvalue weighted by Gasteiger charge is -2.05. The van der Waals surface area contributed by atoms with Gasteiger partial charge in [-0.1, -0.05) is 17.7 Å². The van der Waals surface area contributed by atoms with Gasteiger partial charge >= 0.3 is 0 Å². The van der Waals surface area contributed by atoms with Crippen molar-refractivity contribution in [1.29, 1.82) is 0 Å². The van der Waals surface area contributed by atoms with E-state index in [1.54, 1.807) is 24.3 Å². The molecule has 0 saturated heterocycles. The molecule has 2 aromatic carbocycles. The normalized spacial score (nSPS) is 10.4. The third-order valence-electron chi connectivity index (χ3n) is 2.55. The molecule has 0 unspecified atom stereocenters. The Balaban J connectivity index is 2.19. The number of nitrogen functional groups attached to an aromatic ring is 1. The molecule has 0 aromatic heterocycles. The van der Waals surface area contributed by atoms with Gasteiger partial charge in [-0.25, -0.2) is 0 Å². The van der Waals surface area contributed by atoms with Gasteiger partial charge in [-0.05, 0) is 30.3 Å². The summed E-state index contributed by atoms with van der Waals surface area (Å²) < 4.78 is 0. The van der Waals surface area contributed by atoms with Crippen LogP contribution in [0.4, 0.5) is 11.4 Å². The highest BCUT2D eigenvalue weighted by atomic mass is 35.5. The Morgan fingerprint density at radius 3 is 2.53 bits per heavy atom. The van der Waals surface area contributed by atoms with Gasteiger partial charge in [-0.2, -0.15) is 0 Å². The second kappa shape index (κ2) is 5.95. The topological polar surface area (TPSA) is 69.2 Å². The largest absolute Gasteiger partial charge is 0.399 e. The van der Waals surface area contributed by atoms with E-state index in [0.29, 0.717) is 22.0 Å². The molecule has 0 saturated carbocycles. The van der Waals surface area contributed by atoms with Crippen LogP contribution in [0.3, 0.4) is 0 Å². The molecule has 4 nitrogen and oxygen atoms in total. The standard InChI is InChI=1S/C13H11ClN2O2S/c14-12-2-1-3-13(16(17)18)11(12)8-19-10-6-4-9(15)5-7-10/h1-7H,8,15H2. The molecule has 2 N–H and O–H groups in total. The number of nitrogens with two attached hydrogens (primary N) is 1. The molecule has 0 bridgehead atoms. The predicted octanol–water partition coefficient (Wildman–Crippen LogP) is 4.12. The first kappa shape index (κ1) is 13.7. The molecule has 0 spiro atoms. The summed E-state index contributed by atoms with van der Waals surface area (Å²) in [6, 6.07) is 12.0. The Morgan fingerprint density at radius 1 is 1.21 bits per heavy atom. The molecule has 0 heterocycles. The molecule has 0 radical (unpaired) electrons. The van der Waals surface area contributed by atoms with Crippen LogP contribution < -0.4 is 5.73 Å². The van der Waals surface area contributed by atoms with E-state index in [4.69, 9.17) is 17.3 Å². The van der Waals surface area contributed by atoms with Crippen LogP contribution in [0.1, 0.15) is 5.56 Å². The molecule has 2 aromatic rings. The van der Waals surface area contributed by atoms with Gasteiger partial charge in [0.05, 0.1) is 15.5 Å². The maximum absolute atomic E-state index is 11.0. The first-order valence-corrected chi connectivity index (χ1v) is 6.84. The lowest BCUT2D eigenvalue weighted by molar-refractivity contribution is -0.385. The Labute approximate surface area is 119 Å². The lowest BCUT2D eigenvalue weighted by Crippen LogP contribution is -1.95. The molecular formula is C13H11ClN2O2S. The molecule has 6 heteroatoms. The van der Waals surface area contributed by atoms with Gasteiger partial charge in [-0.15, -0.1) is 11.8 Å². The van der Waals surface area contributed by atoms with Gasteiger partial charge in [0.2, 0.25) is 0 Å². The average Bonchev–Trinajstić information content (AvgIpc) is 2.39. The Bertz CT molecular complexity index is 602. The first-order valence-electron chi connectivity index (χ1n) is 5.48. The number of nitro benzene ring substituents is 1. The Hall–Kier alpha value is -1.72. The number of thioether (sulfide) groups is 1. The molecular weight excluding hydrogens is 284 g/mol. The zero-order valence-corrected chi connectivity index (χ0v) is 11.4. The summed E-state index contributed by atoms with van der Waals surface area (Å²) in [4.78, 5) is 11.5. The quantitative estimate of drug-likeness (QED) is 0.398. The van der Waals surface area contributed by atoms with E-state index in [-0.39, 0.29) is 5.69 Å². The smallest absolute Gasteiger partial charge is 0.274 e. The van der Waals surface area contributed by atoms with Crippen LogP contribution in [0.25, 0.3) is 0 Å². The SMILES string of the molecule is Nc1ccc(SCc2c(Cl)cccc2[N+](=O)[O-])cc1. The molecule has 0 fully saturated rings. The summed E-state index contributed by atoms with van der Waals surface area (Å²) in [5.41, 5.74) is 6.88. The van der Waals surface area contributed by atoms with Gasteiger partial charge in [-0.3, -0.25) is 10.1 Å². The molecule has 0 atom stereocenters. The number of nitro groups is 1. The monoisotopic (exact) mass is 294 g/mol. The molecule has 0 aliphatic carbocycles. The number of anilines is 1. The summed E-state index contributed by atoms with van der Waals surface area (Å²) >= 11 is 7.51. The summed E-state index contributed by atoms with van der Waals surface area (Å²) in [6.07, 6.45) is 0. The van der Waals surface area contributed by atoms with Crippen molar-refractivity contribution in [3.05, 3.63) is 63.2 Å². The van der Waals surface area contributed by atoms with Crippen molar-refractivity contribution < 1.29 is 4.92 Å². The van der Waals surface area contributed by atoms with Crippen molar-refractivity contribution in [1.82, 2.24) is 0 Å². The highest BCUT2D eigenvalue weighted by Crippen LogP contribution is 2.32. The van der Waals surface area contributed by atoms with E-state index in [0.717, 1.165) is 4.90 Å². The maximum atomic E-state index is 11.0. The zero-order valence-electron chi connectivity index (χ0n) is 9.88. The van der Waals surface area contributed by atoms with Gasteiger partial charge in [0.15, 0.2) is 0 Å². The van der Waals surface area contributed by atoms with Gasteiger partial charge < -0.3 is 5.73 Å². The molecule has 0 aliphatic heterocycles. The summed E-state index contributed by atoms with van der Waals surface area (Å²) in [5.74, 6) is 0.444. The number of nitrogens with zero attached hydrogens (tertiary/aromatic N) is 1. The summed E-state index contributed by atoms with van der Waals surface area (Å²) in [5, 5.41) is 11.4. The van der Waals surface area contributed by atoms with Crippen molar-refractivity contribution in [2.24, 2.45) is 0 Å². The van der Waals surface area contributed by atoms with Crippen LogP contribution in [-0.4, -0.2) is 4.92 Å². The fraction of sp³-hybridized carbons (Fsp3) is 0.0769. The third kappa shape index (κ3) is 3.39. The second-order valence-electron chi connectivity index (χ2n) is 3.85. The molecule has 0 aliphatic rings. The lowest BCUT2D eigenvalue weighted by atomic mass is 10.2. The molecule has 19 heavy (non-hydrogen) atoms. The van der Waals surface area contributed by atoms with Crippen LogP contribution >= 0.6 is 23.4 Å². The van der Waals surface area contributed by atoms with E-state index in [1.807, 2.05) is 12.1 Å². The van der Waals surface area contributed by atoms with Gasteiger partial charge in [0, 0.05) is 22.4 Å². The van der Waals surface area contributed by atoms with Crippen LogP contribution in [0.2, 0.25) is 5.02 Å². The highest BCUT2D eigenvalue weighted by Gasteiger charge is 2.16. The number of halogens is 1. The number of benzene rings is 2. The summed E-state index contributed by atoms with van der Waals surface area (Å²) in [6.45, 7) is 0. The van der Waals surface area contributed by atoms with Gasteiger partial charge in [0.25, 0.3) is 5.69 Å². The minimum atomic E-state index is -0.412. The predicted molar refractivity (Wildman–Crippen MR) is 78.5 cm³/mol. The van der Waals surface area contributed by atoms with E-state index in [1.165, 1.54) is 17.8 Å². The number of rotatable bonds is 4. The van der Waals surface area contributed by atoms with Crippen LogP contribution in [0.15, 0.2) is 47.4 Å². The molecule has 2 rings (SSSR count). The van der Waals surface area contributed by atoms with Crippen molar-refractivity contribution >= 4 is 34.7 Å². The summed E-state index contributed by atoms with van der Waals surface area (Å²) in [7, 11) is 0. The third-order valence-corrected chi connectivity index (χ3v) is 3.95. The average molecular weight is 295 g/mol. The van der Waals surface area contributed by atoms with E-state index in [2.05, 4.69) is 0 Å². The van der Waals surface area contributed by atoms with Crippen molar-refractivity contribution in [3.63, 3.8) is 0 Å². The maximum Gasteiger partial charge on any atom is 0.274 e. The van der Waals surface area contributed by atoms with E-state index < -0.39 is 4.92 Å². The fourth-order valence-corrected chi connectivity index (χ4v) is 2.84. The van der Waals surface area contributed by atoms with Crippen molar-refractivity contribution in [2.45, 2.75) is 10.6 Å². The highest BCUT2D eigenvalue weighted by molar-refractivity contribution is 7.98. The minimum Gasteiger partial charge on any atom is -0.399 e. The Morgan fingerprint density at radius 2 is 1.89 bits per heavy atom. The van der Waals surface area contributed by atoms with Crippen LogP contribution in [0.5, 0.6) is 0 Å². The first-order chi connectivity index (χ1) is 9.08. The fourth-order valence-electron chi connectivity index (χ4n) is 1.58. The van der Waals surface area contributed by atoms with Crippen molar-refractivity contribution in [2.75, 3.05) is 5.73 Å². The molecule has 0 amide bonds.